The first-order chi connectivity index (χ1) is 12.9. The average molecular weight is 392 g/mol. The summed E-state index contributed by atoms with van der Waals surface area (Å²) < 4.78 is 12.3. The third kappa shape index (κ3) is 4.31. The number of benzene rings is 1. The topological polar surface area (TPSA) is 73.7 Å². The van der Waals surface area contributed by atoms with E-state index in [1.807, 2.05) is 44.2 Å². The lowest BCUT2D eigenvalue weighted by Crippen LogP contribution is -2.49. The SMILES string of the molecule is Cc1nn(-c2ccccc2)c(Cl)c1C(=O)OCC(=O)N1C[C@@H](C)O[C@@H](C)C1. The lowest BCUT2D eigenvalue weighted by atomic mass is 10.2. The summed E-state index contributed by atoms with van der Waals surface area (Å²) in [6.07, 6.45) is -0.0941. The van der Waals surface area contributed by atoms with Crippen LogP contribution in [0.25, 0.3) is 5.69 Å². The predicted octanol–water partition coefficient (Wildman–Crippen LogP) is 2.63. The molecule has 0 unspecified atom stereocenters. The van der Waals surface area contributed by atoms with Crippen LogP contribution in [0.5, 0.6) is 0 Å². The van der Waals surface area contributed by atoms with Gasteiger partial charge in [0, 0.05) is 13.1 Å². The Morgan fingerprint density at radius 3 is 2.48 bits per heavy atom. The molecular weight excluding hydrogens is 370 g/mol. The van der Waals surface area contributed by atoms with Crippen molar-refractivity contribution in [1.82, 2.24) is 14.7 Å². The van der Waals surface area contributed by atoms with Crippen LogP contribution in [-0.4, -0.2) is 58.5 Å². The molecule has 0 bridgehead atoms. The van der Waals surface area contributed by atoms with E-state index in [1.165, 1.54) is 4.68 Å². The molecule has 0 aliphatic carbocycles. The molecule has 0 spiro atoms. The molecule has 1 aromatic heterocycles. The minimum absolute atomic E-state index is 0.0470. The Kier molecular flexibility index (Phi) is 5.82. The van der Waals surface area contributed by atoms with E-state index in [9.17, 15) is 9.59 Å². The summed E-state index contributed by atoms with van der Waals surface area (Å²) in [5.74, 6) is -0.919. The summed E-state index contributed by atoms with van der Waals surface area (Å²) in [6.45, 7) is 6.10. The first-order valence-electron chi connectivity index (χ1n) is 8.77. The maximum Gasteiger partial charge on any atom is 0.343 e. The largest absolute Gasteiger partial charge is 0.452 e. The molecule has 2 heterocycles. The molecular formula is C19H22ClN3O4. The second-order valence-corrected chi connectivity index (χ2v) is 6.99. The van der Waals surface area contributed by atoms with Crippen molar-refractivity contribution >= 4 is 23.5 Å². The normalized spacial score (nSPS) is 19.8. The smallest absolute Gasteiger partial charge is 0.343 e. The number of amides is 1. The molecule has 2 aromatic rings. The summed E-state index contributed by atoms with van der Waals surface area (Å²) in [7, 11) is 0. The highest BCUT2D eigenvalue weighted by Gasteiger charge is 2.28. The quantitative estimate of drug-likeness (QED) is 0.749. The number of rotatable bonds is 4. The second-order valence-electron chi connectivity index (χ2n) is 6.63. The van der Waals surface area contributed by atoms with Crippen molar-refractivity contribution in [2.75, 3.05) is 19.7 Å². The molecule has 1 amide bonds. The Morgan fingerprint density at radius 2 is 1.85 bits per heavy atom. The van der Waals surface area contributed by atoms with Gasteiger partial charge < -0.3 is 14.4 Å². The number of morpholine rings is 1. The van der Waals surface area contributed by atoms with E-state index in [0.29, 0.717) is 18.8 Å². The highest BCUT2D eigenvalue weighted by Crippen LogP contribution is 2.24. The van der Waals surface area contributed by atoms with Gasteiger partial charge in [-0.1, -0.05) is 29.8 Å². The molecule has 1 saturated heterocycles. The predicted molar refractivity (Wildman–Crippen MR) is 100 cm³/mol. The summed E-state index contributed by atoms with van der Waals surface area (Å²) in [6, 6.07) is 9.24. The van der Waals surface area contributed by atoms with Gasteiger partial charge in [0.25, 0.3) is 5.91 Å². The van der Waals surface area contributed by atoms with E-state index in [0.717, 1.165) is 5.69 Å². The van der Waals surface area contributed by atoms with E-state index >= 15 is 0 Å². The van der Waals surface area contributed by atoms with Crippen LogP contribution in [0.3, 0.4) is 0 Å². The summed E-state index contributed by atoms with van der Waals surface area (Å²) in [5.41, 5.74) is 1.34. The van der Waals surface area contributed by atoms with Gasteiger partial charge in [-0.3, -0.25) is 4.79 Å². The zero-order valence-corrected chi connectivity index (χ0v) is 16.3. The van der Waals surface area contributed by atoms with Crippen LogP contribution in [0.4, 0.5) is 0 Å². The van der Waals surface area contributed by atoms with Crippen LogP contribution in [0, 0.1) is 6.92 Å². The van der Waals surface area contributed by atoms with E-state index in [4.69, 9.17) is 21.1 Å². The van der Waals surface area contributed by atoms with E-state index in [-0.39, 0.29) is 35.4 Å². The van der Waals surface area contributed by atoms with Crippen molar-refractivity contribution in [3.8, 4) is 5.69 Å². The van der Waals surface area contributed by atoms with Gasteiger partial charge in [0.2, 0.25) is 0 Å². The van der Waals surface area contributed by atoms with Crippen molar-refractivity contribution in [3.05, 3.63) is 46.7 Å². The third-order valence-corrected chi connectivity index (χ3v) is 4.66. The van der Waals surface area contributed by atoms with E-state index in [2.05, 4.69) is 5.10 Å². The molecule has 3 rings (SSSR count). The number of nitrogens with zero attached hydrogens (tertiary/aromatic N) is 3. The Balaban J connectivity index is 1.68. The maximum absolute atomic E-state index is 12.5. The summed E-state index contributed by atoms with van der Waals surface area (Å²) in [4.78, 5) is 26.5. The molecule has 8 heteroatoms. The highest BCUT2D eigenvalue weighted by molar-refractivity contribution is 6.33. The minimum atomic E-state index is -0.664. The molecule has 1 aromatic carbocycles. The van der Waals surface area contributed by atoms with Crippen LogP contribution in [0.15, 0.2) is 30.3 Å². The number of para-hydroxylation sites is 1. The lowest BCUT2D eigenvalue weighted by Gasteiger charge is -2.35. The van der Waals surface area contributed by atoms with Crippen molar-refractivity contribution in [2.45, 2.75) is 33.0 Å². The van der Waals surface area contributed by atoms with Crippen LogP contribution in [0.1, 0.15) is 29.9 Å². The van der Waals surface area contributed by atoms with Crippen molar-refractivity contribution < 1.29 is 19.1 Å². The second kappa shape index (κ2) is 8.10. The fourth-order valence-electron chi connectivity index (χ4n) is 3.14. The number of esters is 1. The van der Waals surface area contributed by atoms with Crippen molar-refractivity contribution in [3.63, 3.8) is 0 Å². The Morgan fingerprint density at radius 1 is 1.22 bits per heavy atom. The monoisotopic (exact) mass is 391 g/mol. The molecule has 1 aliphatic heterocycles. The maximum atomic E-state index is 12.5. The number of ether oxygens (including phenoxy) is 2. The fourth-order valence-corrected chi connectivity index (χ4v) is 3.49. The van der Waals surface area contributed by atoms with Crippen molar-refractivity contribution in [2.24, 2.45) is 0 Å². The molecule has 1 aliphatic rings. The van der Waals surface area contributed by atoms with E-state index in [1.54, 1.807) is 11.8 Å². The summed E-state index contributed by atoms with van der Waals surface area (Å²) >= 11 is 6.35. The van der Waals surface area contributed by atoms with Crippen molar-refractivity contribution in [1.29, 1.82) is 0 Å². The molecule has 27 heavy (non-hydrogen) atoms. The lowest BCUT2D eigenvalue weighted by molar-refractivity contribution is -0.146. The molecule has 0 N–H and O–H groups in total. The zero-order valence-electron chi connectivity index (χ0n) is 15.5. The number of halogens is 1. The average Bonchev–Trinajstić information content (AvgIpc) is 2.93. The molecule has 144 valence electrons. The molecule has 0 saturated carbocycles. The molecule has 1 fully saturated rings. The zero-order chi connectivity index (χ0) is 19.6. The van der Waals surface area contributed by atoms with Gasteiger partial charge in [0.15, 0.2) is 6.61 Å². The van der Waals surface area contributed by atoms with Crippen LogP contribution < -0.4 is 0 Å². The van der Waals surface area contributed by atoms with Crippen LogP contribution in [0.2, 0.25) is 5.15 Å². The molecule has 7 nitrogen and oxygen atoms in total. The molecule has 0 radical (unpaired) electrons. The Bertz CT molecular complexity index is 827. The van der Waals surface area contributed by atoms with Crippen LogP contribution in [-0.2, 0) is 14.3 Å². The number of hydrogen-bond donors (Lipinski definition) is 0. The number of aryl methyl sites for hydroxylation is 1. The first-order valence-corrected chi connectivity index (χ1v) is 9.15. The standard InChI is InChI=1S/C19H22ClN3O4/c1-12-9-22(10-13(2)27-12)16(24)11-26-19(25)17-14(3)21-23(18(17)20)15-7-5-4-6-8-15/h4-8,12-13H,9-11H2,1-3H3/t12-,13+. The van der Waals surface area contributed by atoms with Gasteiger partial charge >= 0.3 is 5.97 Å². The third-order valence-electron chi connectivity index (χ3n) is 4.31. The Labute approximate surface area is 162 Å². The van der Waals surface area contributed by atoms with E-state index < -0.39 is 5.97 Å². The Hall–Kier alpha value is -2.38. The van der Waals surface area contributed by atoms with Gasteiger partial charge in [-0.15, -0.1) is 0 Å². The number of hydrogen-bond acceptors (Lipinski definition) is 5. The van der Waals surface area contributed by atoms with Crippen LogP contribution >= 0.6 is 11.6 Å². The molecule has 2 atom stereocenters. The fraction of sp³-hybridized carbons (Fsp3) is 0.421. The number of carbonyl (C=O) groups excluding carboxylic acids is 2. The van der Waals surface area contributed by atoms with Gasteiger partial charge in [-0.2, -0.15) is 5.10 Å². The summed E-state index contributed by atoms with van der Waals surface area (Å²) in [5, 5.41) is 4.47. The van der Waals surface area contributed by atoms with Gasteiger partial charge in [0.05, 0.1) is 23.6 Å². The van der Waals surface area contributed by atoms with Gasteiger partial charge in [-0.05, 0) is 32.9 Å². The van der Waals surface area contributed by atoms with Gasteiger partial charge in [0.1, 0.15) is 10.7 Å². The number of aromatic nitrogens is 2. The van der Waals surface area contributed by atoms with Gasteiger partial charge in [-0.25, -0.2) is 9.48 Å². The number of carbonyl (C=O) groups is 2. The highest BCUT2D eigenvalue weighted by atomic mass is 35.5. The minimum Gasteiger partial charge on any atom is -0.452 e. The first kappa shape index (κ1) is 19.4.